The summed E-state index contributed by atoms with van der Waals surface area (Å²) in [6.07, 6.45) is 0. The molecule has 0 unspecified atom stereocenters. The fraction of sp³-hybridized carbons (Fsp3) is 0.429. The molecule has 28 heavy (non-hydrogen) atoms. The highest BCUT2D eigenvalue weighted by Gasteiger charge is 2.30. The summed E-state index contributed by atoms with van der Waals surface area (Å²) >= 11 is 0. The predicted molar refractivity (Wildman–Crippen MR) is 109 cm³/mol. The fourth-order valence-electron chi connectivity index (χ4n) is 3.30. The topological polar surface area (TPSA) is 79.6 Å². The van der Waals surface area contributed by atoms with Crippen molar-refractivity contribution < 1.29 is 9.59 Å². The molecule has 0 spiro atoms. The van der Waals surface area contributed by atoms with Crippen molar-refractivity contribution in [2.75, 3.05) is 20.6 Å². The summed E-state index contributed by atoms with van der Waals surface area (Å²) in [5, 5.41) is 2.57. The van der Waals surface area contributed by atoms with E-state index in [1.54, 1.807) is 0 Å². The van der Waals surface area contributed by atoms with Crippen LogP contribution in [0.25, 0.3) is 11.4 Å². The van der Waals surface area contributed by atoms with Gasteiger partial charge in [0.25, 0.3) is 11.8 Å². The fourth-order valence-corrected chi connectivity index (χ4v) is 3.30. The first kappa shape index (κ1) is 19.9. The van der Waals surface area contributed by atoms with Gasteiger partial charge < -0.3 is 9.88 Å². The first-order valence-corrected chi connectivity index (χ1v) is 9.41. The van der Waals surface area contributed by atoms with E-state index in [4.69, 9.17) is 0 Å². The Bertz CT molecular complexity index is 922. The zero-order valence-electron chi connectivity index (χ0n) is 17.1. The van der Waals surface area contributed by atoms with Gasteiger partial charge in [0, 0.05) is 37.7 Å². The number of imidazole rings is 1. The second-order valence-corrected chi connectivity index (χ2v) is 8.08. The smallest absolute Gasteiger partial charge is 0.297 e. The third-order valence-electron chi connectivity index (χ3n) is 4.80. The lowest BCUT2D eigenvalue weighted by atomic mass is 9.89. The van der Waals surface area contributed by atoms with Crippen molar-refractivity contribution in [3.05, 3.63) is 41.7 Å². The molecule has 0 atom stereocenters. The molecule has 0 saturated heterocycles. The Balaban J connectivity index is 2.11. The summed E-state index contributed by atoms with van der Waals surface area (Å²) < 4.78 is 2.09. The minimum Gasteiger partial charge on any atom is -0.354 e. The Morgan fingerprint density at radius 3 is 2.43 bits per heavy atom. The molecule has 7 nitrogen and oxygen atoms in total. The Morgan fingerprint density at radius 1 is 1.14 bits per heavy atom. The molecule has 2 amide bonds. The van der Waals surface area contributed by atoms with Gasteiger partial charge in [-0.25, -0.2) is 9.98 Å². The number of fused-ring (bicyclic) bond motifs is 1. The predicted octanol–water partition coefficient (Wildman–Crippen LogP) is 2.37. The van der Waals surface area contributed by atoms with Crippen molar-refractivity contribution in [1.29, 1.82) is 0 Å². The molecule has 1 aliphatic heterocycles. The maximum atomic E-state index is 13.1. The van der Waals surface area contributed by atoms with Crippen LogP contribution >= 0.6 is 0 Å². The van der Waals surface area contributed by atoms with E-state index < -0.39 is 11.3 Å². The molecule has 1 aliphatic rings. The molecule has 148 valence electrons. The Morgan fingerprint density at radius 2 is 1.82 bits per heavy atom. The molecule has 1 aromatic heterocycles. The van der Waals surface area contributed by atoms with Crippen LogP contribution in [0.15, 0.2) is 35.3 Å². The van der Waals surface area contributed by atoms with Crippen LogP contribution in [-0.4, -0.2) is 52.6 Å². The number of rotatable bonds is 3. The number of carbonyl (C=O) groups excluding carboxylic acids is 2. The van der Waals surface area contributed by atoms with Gasteiger partial charge in [-0.2, -0.15) is 0 Å². The van der Waals surface area contributed by atoms with Crippen LogP contribution in [0.5, 0.6) is 0 Å². The summed E-state index contributed by atoms with van der Waals surface area (Å²) in [5.74, 6) is -0.0661. The maximum absolute atomic E-state index is 13.1. The summed E-state index contributed by atoms with van der Waals surface area (Å²) in [6.45, 7) is 7.83. The van der Waals surface area contributed by atoms with Crippen LogP contribution in [-0.2, 0) is 17.9 Å². The lowest BCUT2D eigenvalue weighted by Crippen LogP contribution is -2.37. The minimum absolute atomic E-state index is 0.201. The lowest BCUT2D eigenvalue weighted by Gasteiger charge is -2.25. The number of amides is 2. The molecule has 1 N–H and O–H groups in total. The average molecular weight is 381 g/mol. The number of hydrogen-bond acceptors (Lipinski definition) is 4. The molecule has 0 saturated carbocycles. The summed E-state index contributed by atoms with van der Waals surface area (Å²) in [5.41, 5.74) is 1.75. The highest BCUT2D eigenvalue weighted by molar-refractivity contribution is 6.42. The van der Waals surface area contributed by atoms with E-state index in [0.29, 0.717) is 12.2 Å². The molecule has 1 aromatic carbocycles. The van der Waals surface area contributed by atoms with Gasteiger partial charge in [0.1, 0.15) is 11.5 Å². The standard InChI is InChI=1S/C21H27N5O2/c1-21(2,3)17(20(28)22-4)24-19(27)16-15-13-25(5)11-12-26(15)18(23-16)14-9-7-6-8-10-14/h6-10H,11-13H2,1-5H3,(H,22,28)/b24-17+. The van der Waals surface area contributed by atoms with Crippen LogP contribution in [0, 0.1) is 5.41 Å². The van der Waals surface area contributed by atoms with Crippen molar-refractivity contribution in [2.45, 2.75) is 33.9 Å². The van der Waals surface area contributed by atoms with Crippen LogP contribution in [0.2, 0.25) is 0 Å². The number of aliphatic imine (C=N–C) groups is 1. The highest BCUT2D eigenvalue weighted by atomic mass is 16.2. The van der Waals surface area contributed by atoms with E-state index in [1.165, 1.54) is 7.05 Å². The van der Waals surface area contributed by atoms with Gasteiger partial charge in [-0.1, -0.05) is 51.1 Å². The van der Waals surface area contributed by atoms with Gasteiger partial charge in [0.15, 0.2) is 5.69 Å². The average Bonchev–Trinajstić information content (AvgIpc) is 3.03. The molecular weight excluding hydrogens is 354 g/mol. The number of nitrogens with one attached hydrogen (secondary N) is 1. The largest absolute Gasteiger partial charge is 0.354 e. The van der Waals surface area contributed by atoms with E-state index in [9.17, 15) is 9.59 Å². The van der Waals surface area contributed by atoms with Crippen molar-refractivity contribution in [1.82, 2.24) is 19.8 Å². The quantitative estimate of drug-likeness (QED) is 0.828. The van der Waals surface area contributed by atoms with E-state index in [2.05, 4.69) is 24.8 Å². The second kappa shape index (κ2) is 7.67. The molecule has 0 radical (unpaired) electrons. The van der Waals surface area contributed by atoms with E-state index in [1.807, 2.05) is 58.2 Å². The van der Waals surface area contributed by atoms with Gasteiger partial charge in [0.2, 0.25) is 0 Å². The number of carbonyl (C=O) groups is 2. The van der Waals surface area contributed by atoms with E-state index in [-0.39, 0.29) is 11.6 Å². The monoisotopic (exact) mass is 381 g/mol. The summed E-state index contributed by atoms with van der Waals surface area (Å²) in [6, 6.07) is 9.82. The third-order valence-corrected chi connectivity index (χ3v) is 4.80. The van der Waals surface area contributed by atoms with Crippen molar-refractivity contribution >= 4 is 17.5 Å². The first-order valence-electron chi connectivity index (χ1n) is 9.41. The number of likely N-dealkylation sites (N-methyl/N-ethyl adjacent to an activating group) is 1. The molecule has 3 rings (SSSR count). The van der Waals surface area contributed by atoms with Gasteiger partial charge >= 0.3 is 0 Å². The van der Waals surface area contributed by atoms with E-state index >= 15 is 0 Å². The summed E-state index contributed by atoms with van der Waals surface area (Å²) in [4.78, 5) is 36.4. The molecule has 0 fully saturated rings. The van der Waals surface area contributed by atoms with Crippen molar-refractivity contribution in [3.63, 3.8) is 0 Å². The van der Waals surface area contributed by atoms with E-state index in [0.717, 1.165) is 30.2 Å². The molecule has 0 aliphatic carbocycles. The highest BCUT2D eigenvalue weighted by Crippen LogP contribution is 2.27. The third kappa shape index (κ3) is 3.89. The van der Waals surface area contributed by atoms with Gasteiger partial charge in [-0.05, 0) is 7.05 Å². The molecule has 2 aromatic rings. The first-order chi connectivity index (χ1) is 13.2. The Kier molecular flexibility index (Phi) is 5.47. The maximum Gasteiger partial charge on any atom is 0.297 e. The normalized spacial score (nSPS) is 15.2. The van der Waals surface area contributed by atoms with Crippen LogP contribution in [0.1, 0.15) is 37.0 Å². The molecule has 7 heteroatoms. The lowest BCUT2D eigenvalue weighted by molar-refractivity contribution is -0.114. The Hall–Kier alpha value is -2.80. The Labute approximate surface area is 165 Å². The van der Waals surface area contributed by atoms with Crippen molar-refractivity contribution in [2.24, 2.45) is 10.4 Å². The van der Waals surface area contributed by atoms with Crippen LogP contribution in [0.3, 0.4) is 0 Å². The van der Waals surface area contributed by atoms with Crippen LogP contribution < -0.4 is 5.32 Å². The summed E-state index contributed by atoms with van der Waals surface area (Å²) in [7, 11) is 3.55. The number of aromatic nitrogens is 2. The van der Waals surface area contributed by atoms with Crippen molar-refractivity contribution in [3.8, 4) is 11.4 Å². The van der Waals surface area contributed by atoms with Crippen LogP contribution in [0.4, 0.5) is 0 Å². The molecular formula is C21H27N5O2. The van der Waals surface area contributed by atoms with Gasteiger partial charge in [-0.15, -0.1) is 0 Å². The number of hydrogen-bond donors (Lipinski definition) is 1. The SMILES string of the molecule is CNC(=O)/C(=N\C(=O)c1nc(-c2ccccc2)n2c1CN(C)CC2)C(C)(C)C. The van der Waals surface area contributed by atoms with Gasteiger partial charge in [-0.3, -0.25) is 14.5 Å². The second-order valence-electron chi connectivity index (χ2n) is 8.08. The molecule has 0 bridgehead atoms. The zero-order chi connectivity index (χ0) is 20.5. The number of nitrogens with zero attached hydrogens (tertiary/aromatic N) is 4. The molecule has 2 heterocycles. The number of benzene rings is 1. The zero-order valence-corrected chi connectivity index (χ0v) is 17.1. The minimum atomic E-state index is -0.561. The van der Waals surface area contributed by atoms with Gasteiger partial charge in [0.05, 0.1) is 5.69 Å².